The van der Waals surface area contributed by atoms with E-state index in [1.807, 2.05) is 0 Å². The van der Waals surface area contributed by atoms with Gasteiger partial charge in [-0.05, 0) is 24.3 Å². The zero-order valence-electron chi connectivity index (χ0n) is 9.77. The molecule has 0 aliphatic carbocycles. The van der Waals surface area contributed by atoms with Gasteiger partial charge in [-0.25, -0.2) is 8.42 Å². The topological polar surface area (TPSA) is 46.6 Å². The van der Waals surface area contributed by atoms with Gasteiger partial charge in [0.05, 0.1) is 23.7 Å². The largest absolute Gasteiger partial charge is 0.416 e. The number of alkyl halides is 3. The Morgan fingerprint density at radius 3 is 2.42 bits per heavy atom. The van der Waals surface area contributed by atoms with Crippen molar-refractivity contribution in [1.82, 2.24) is 4.31 Å². The molecule has 0 aromatic heterocycles. The molecule has 0 unspecified atom stereocenters. The first kappa shape index (κ1) is 14.3. The van der Waals surface area contributed by atoms with Gasteiger partial charge in [0.2, 0.25) is 10.0 Å². The summed E-state index contributed by atoms with van der Waals surface area (Å²) in [4.78, 5) is -0.399. The van der Waals surface area contributed by atoms with Gasteiger partial charge in [-0.2, -0.15) is 17.5 Å². The van der Waals surface area contributed by atoms with Crippen LogP contribution in [0.15, 0.2) is 23.1 Å². The summed E-state index contributed by atoms with van der Waals surface area (Å²) in [5.74, 6) is 0. The Morgan fingerprint density at radius 1 is 1.21 bits per heavy atom. The summed E-state index contributed by atoms with van der Waals surface area (Å²) in [6, 6.07) is 4.61. The van der Waals surface area contributed by atoms with Gasteiger partial charge in [0.15, 0.2) is 0 Å². The van der Waals surface area contributed by atoms with Gasteiger partial charge in [0.25, 0.3) is 0 Å². The Kier molecular flexibility index (Phi) is 3.84. The van der Waals surface area contributed by atoms with Crippen molar-refractivity contribution in [2.24, 2.45) is 0 Å². The van der Waals surface area contributed by atoms with Crippen molar-refractivity contribution in [3.63, 3.8) is 0 Å². The van der Waals surface area contributed by atoms with Crippen LogP contribution in [0.1, 0.15) is 5.56 Å². The zero-order valence-corrected chi connectivity index (χ0v) is 10.6. The van der Waals surface area contributed by atoms with E-state index in [-0.39, 0.29) is 26.3 Å². The summed E-state index contributed by atoms with van der Waals surface area (Å²) in [6.45, 7) is 0.751. The minimum absolute atomic E-state index is 0.137. The molecule has 1 aliphatic rings. The van der Waals surface area contributed by atoms with Crippen LogP contribution in [0.3, 0.4) is 0 Å². The first-order chi connectivity index (χ1) is 8.82. The van der Waals surface area contributed by atoms with Crippen LogP contribution in [0.5, 0.6) is 0 Å². The van der Waals surface area contributed by atoms with Gasteiger partial charge in [-0.1, -0.05) is 0 Å². The van der Waals surface area contributed by atoms with Gasteiger partial charge >= 0.3 is 6.18 Å². The SMILES string of the molecule is O=S(=O)(c1c[c]cc(C(F)(F)F)c1)N1CCOCC1. The van der Waals surface area contributed by atoms with Crippen LogP contribution in [0.25, 0.3) is 0 Å². The monoisotopic (exact) mass is 294 g/mol. The number of morpholine rings is 1. The molecule has 0 spiro atoms. The number of halogens is 3. The third-order valence-corrected chi connectivity index (χ3v) is 4.57. The van der Waals surface area contributed by atoms with Crippen molar-refractivity contribution in [1.29, 1.82) is 0 Å². The van der Waals surface area contributed by atoms with Crippen molar-refractivity contribution in [2.75, 3.05) is 26.3 Å². The van der Waals surface area contributed by atoms with Crippen LogP contribution in [-0.4, -0.2) is 39.0 Å². The fourth-order valence-electron chi connectivity index (χ4n) is 1.70. The predicted octanol–water partition coefficient (Wildman–Crippen LogP) is 1.53. The molecule has 0 bridgehead atoms. The third kappa shape index (κ3) is 3.07. The molecule has 1 heterocycles. The number of hydrogen-bond donors (Lipinski definition) is 0. The molecule has 0 saturated carbocycles. The zero-order chi connectivity index (χ0) is 14.1. The molecule has 1 radical (unpaired) electrons. The molecule has 1 aromatic rings. The lowest BCUT2D eigenvalue weighted by atomic mass is 10.2. The fourth-order valence-corrected chi connectivity index (χ4v) is 3.12. The van der Waals surface area contributed by atoms with Crippen molar-refractivity contribution in [3.05, 3.63) is 29.8 Å². The third-order valence-electron chi connectivity index (χ3n) is 2.70. The summed E-state index contributed by atoms with van der Waals surface area (Å²) in [5.41, 5.74) is -1.03. The van der Waals surface area contributed by atoms with Gasteiger partial charge in [0.1, 0.15) is 0 Å². The second-order valence-electron chi connectivity index (χ2n) is 3.97. The van der Waals surface area contributed by atoms with E-state index < -0.39 is 26.7 Å². The van der Waals surface area contributed by atoms with Crippen LogP contribution >= 0.6 is 0 Å². The molecule has 19 heavy (non-hydrogen) atoms. The molecule has 105 valence electrons. The maximum atomic E-state index is 12.5. The molecular formula is C11H11F3NO3S. The predicted molar refractivity (Wildman–Crippen MR) is 59.9 cm³/mol. The van der Waals surface area contributed by atoms with E-state index in [0.29, 0.717) is 6.07 Å². The smallest absolute Gasteiger partial charge is 0.379 e. The van der Waals surface area contributed by atoms with Crippen LogP contribution < -0.4 is 0 Å². The highest BCUT2D eigenvalue weighted by Crippen LogP contribution is 2.31. The van der Waals surface area contributed by atoms with E-state index in [4.69, 9.17) is 4.74 Å². The lowest BCUT2D eigenvalue weighted by Crippen LogP contribution is -2.40. The van der Waals surface area contributed by atoms with Gasteiger partial charge in [0, 0.05) is 13.1 Å². The molecule has 2 rings (SSSR count). The number of rotatable bonds is 2. The molecule has 1 aromatic carbocycles. The quantitative estimate of drug-likeness (QED) is 0.831. The second kappa shape index (κ2) is 5.10. The molecule has 4 nitrogen and oxygen atoms in total. The second-order valence-corrected chi connectivity index (χ2v) is 5.91. The summed E-state index contributed by atoms with van der Waals surface area (Å²) in [7, 11) is -3.92. The van der Waals surface area contributed by atoms with Gasteiger partial charge in [-0.3, -0.25) is 0 Å². The van der Waals surface area contributed by atoms with E-state index in [9.17, 15) is 21.6 Å². The molecule has 0 amide bonds. The van der Waals surface area contributed by atoms with Crippen LogP contribution in [0.2, 0.25) is 0 Å². The molecule has 0 N–H and O–H groups in total. The first-order valence-corrected chi connectivity index (χ1v) is 6.92. The highest BCUT2D eigenvalue weighted by Gasteiger charge is 2.33. The summed E-state index contributed by atoms with van der Waals surface area (Å²) in [5, 5.41) is 0. The maximum Gasteiger partial charge on any atom is 0.416 e. The lowest BCUT2D eigenvalue weighted by molar-refractivity contribution is -0.137. The van der Waals surface area contributed by atoms with Crippen molar-refractivity contribution in [3.8, 4) is 0 Å². The highest BCUT2D eigenvalue weighted by atomic mass is 32.2. The number of benzene rings is 1. The Bertz CT molecular complexity index is 551. The lowest BCUT2D eigenvalue weighted by Gasteiger charge is -2.26. The number of hydrogen-bond acceptors (Lipinski definition) is 3. The summed E-state index contributed by atoms with van der Waals surface area (Å²) in [6.07, 6.45) is -4.59. The van der Waals surface area contributed by atoms with Crippen molar-refractivity contribution < 1.29 is 26.3 Å². The van der Waals surface area contributed by atoms with Crippen molar-refractivity contribution in [2.45, 2.75) is 11.1 Å². The molecular weight excluding hydrogens is 283 g/mol. The number of ether oxygens (including phenoxy) is 1. The van der Waals surface area contributed by atoms with E-state index in [2.05, 4.69) is 6.07 Å². The van der Waals surface area contributed by atoms with Gasteiger partial charge in [-0.15, -0.1) is 0 Å². The van der Waals surface area contributed by atoms with E-state index >= 15 is 0 Å². The molecule has 0 atom stereocenters. The summed E-state index contributed by atoms with van der Waals surface area (Å²) >= 11 is 0. The van der Waals surface area contributed by atoms with Crippen LogP contribution in [-0.2, 0) is 20.9 Å². The average Bonchev–Trinajstić information content (AvgIpc) is 2.39. The summed E-state index contributed by atoms with van der Waals surface area (Å²) < 4.78 is 68.1. The van der Waals surface area contributed by atoms with Crippen molar-refractivity contribution >= 4 is 10.0 Å². The number of nitrogens with zero attached hydrogens (tertiary/aromatic N) is 1. The minimum atomic E-state index is -4.59. The minimum Gasteiger partial charge on any atom is -0.379 e. The Hall–Kier alpha value is -1.12. The number of sulfonamides is 1. The van der Waals surface area contributed by atoms with E-state index in [1.54, 1.807) is 0 Å². The maximum absolute atomic E-state index is 12.5. The molecule has 1 fully saturated rings. The first-order valence-electron chi connectivity index (χ1n) is 5.48. The van der Waals surface area contributed by atoms with Crippen LogP contribution in [0, 0.1) is 6.07 Å². The Morgan fingerprint density at radius 2 is 1.84 bits per heavy atom. The van der Waals surface area contributed by atoms with Crippen LogP contribution in [0.4, 0.5) is 13.2 Å². The Labute approximate surface area is 108 Å². The van der Waals surface area contributed by atoms with E-state index in [0.717, 1.165) is 16.4 Å². The highest BCUT2D eigenvalue weighted by molar-refractivity contribution is 7.89. The molecule has 8 heteroatoms. The van der Waals surface area contributed by atoms with E-state index in [1.165, 1.54) is 0 Å². The normalized spacial score (nSPS) is 18.5. The fraction of sp³-hybridized carbons (Fsp3) is 0.455. The molecule has 1 aliphatic heterocycles. The van der Waals surface area contributed by atoms with Gasteiger partial charge < -0.3 is 4.74 Å². The standard InChI is InChI=1S/C11H11F3NO3S/c12-11(13,14)9-2-1-3-10(8-9)19(16,17)15-4-6-18-7-5-15/h2-3,8H,4-7H2. The molecule has 1 saturated heterocycles. The Balaban J connectivity index is 2.35. The average molecular weight is 294 g/mol.